The van der Waals surface area contributed by atoms with Crippen molar-refractivity contribution in [2.24, 2.45) is 11.3 Å². The molecule has 0 spiro atoms. The molecule has 0 radical (unpaired) electrons. The fraction of sp³-hybridized carbons (Fsp3) is 0.909. The van der Waals surface area contributed by atoms with Crippen LogP contribution in [0.4, 0.5) is 0 Å². The maximum absolute atomic E-state index is 12.1. The molecule has 2 rings (SSSR count). The smallest absolute Gasteiger partial charge is 0.316 e. The molecule has 0 amide bonds. The Bertz CT molecular complexity index is 259. The Morgan fingerprint density at radius 1 is 1.53 bits per heavy atom. The van der Waals surface area contributed by atoms with Gasteiger partial charge in [-0.2, -0.15) is 0 Å². The van der Waals surface area contributed by atoms with E-state index in [4.69, 9.17) is 9.47 Å². The maximum atomic E-state index is 12.1. The molecule has 0 unspecified atom stereocenters. The van der Waals surface area contributed by atoms with Gasteiger partial charge in [0.1, 0.15) is 11.0 Å². The third kappa shape index (κ3) is 1.88. The highest BCUT2D eigenvalue weighted by Crippen LogP contribution is 2.39. The van der Waals surface area contributed by atoms with Crippen LogP contribution in [0.15, 0.2) is 0 Å². The fourth-order valence-corrected chi connectivity index (χ4v) is 2.26. The van der Waals surface area contributed by atoms with Crippen molar-refractivity contribution in [3.63, 3.8) is 0 Å². The lowest BCUT2D eigenvalue weighted by Crippen LogP contribution is -2.43. The van der Waals surface area contributed by atoms with Crippen LogP contribution < -0.4 is 5.32 Å². The first-order valence-electron chi connectivity index (χ1n) is 5.46. The van der Waals surface area contributed by atoms with E-state index in [9.17, 15) is 4.79 Å². The Morgan fingerprint density at radius 2 is 2.27 bits per heavy atom. The van der Waals surface area contributed by atoms with Gasteiger partial charge < -0.3 is 14.8 Å². The quantitative estimate of drug-likeness (QED) is 0.647. The summed E-state index contributed by atoms with van der Waals surface area (Å²) in [6.07, 6.45) is 0. The van der Waals surface area contributed by atoms with Gasteiger partial charge >= 0.3 is 5.97 Å². The average molecular weight is 213 g/mol. The van der Waals surface area contributed by atoms with E-state index in [1.807, 2.05) is 20.8 Å². The second kappa shape index (κ2) is 3.46. The van der Waals surface area contributed by atoms with Crippen LogP contribution in [-0.4, -0.2) is 37.9 Å². The Labute approximate surface area is 90.3 Å². The lowest BCUT2D eigenvalue weighted by Gasteiger charge is -2.29. The number of nitrogens with one attached hydrogen (secondary N) is 1. The zero-order valence-electron chi connectivity index (χ0n) is 9.63. The molecule has 2 aliphatic rings. The van der Waals surface area contributed by atoms with Gasteiger partial charge in [-0.05, 0) is 20.8 Å². The van der Waals surface area contributed by atoms with Crippen LogP contribution in [0, 0.1) is 11.3 Å². The normalized spacial score (nSPS) is 35.3. The predicted molar refractivity (Wildman–Crippen MR) is 55.5 cm³/mol. The van der Waals surface area contributed by atoms with Crippen molar-refractivity contribution in [3.8, 4) is 0 Å². The van der Waals surface area contributed by atoms with Gasteiger partial charge in [0, 0.05) is 19.0 Å². The first-order chi connectivity index (χ1) is 6.94. The minimum atomic E-state index is -0.423. The van der Waals surface area contributed by atoms with E-state index in [0.717, 1.165) is 6.54 Å². The lowest BCUT2D eigenvalue weighted by molar-refractivity contribution is -0.167. The van der Waals surface area contributed by atoms with Crippen LogP contribution in [0.1, 0.15) is 20.8 Å². The number of carbonyl (C=O) groups is 1. The van der Waals surface area contributed by atoms with Gasteiger partial charge in [0.25, 0.3) is 0 Å². The summed E-state index contributed by atoms with van der Waals surface area (Å²) in [6, 6.07) is 0. The van der Waals surface area contributed by atoms with Gasteiger partial charge in [-0.25, -0.2) is 0 Å². The molecule has 1 N–H and O–H groups in total. The highest BCUT2D eigenvalue weighted by molar-refractivity contribution is 5.79. The molecule has 86 valence electrons. The molecule has 2 heterocycles. The van der Waals surface area contributed by atoms with Crippen molar-refractivity contribution >= 4 is 5.97 Å². The van der Waals surface area contributed by atoms with E-state index < -0.39 is 11.0 Å². The number of rotatable bonds is 1. The Balaban J connectivity index is 2.11. The second-order valence-electron chi connectivity index (χ2n) is 5.50. The van der Waals surface area contributed by atoms with Gasteiger partial charge in [-0.15, -0.1) is 0 Å². The monoisotopic (exact) mass is 213 g/mol. The van der Waals surface area contributed by atoms with E-state index in [0.29, 0.717) is 19.8 Å². The topological polar surface area (TPSA) is 47.6 Å². The SMILES string of the molecule is CC(C)(C)OC(=O)[C@]12CNC[C@@H]1COC2. The van der Waals surface area contributed by atoms with Gasteiger partial charge in [-0.1, -0.05) is 0 Å². The summed E-state index contributed by atoms with van der Waals surface area (Å²) in [7, 11) is 0. The van der Waals surface area contributed by atoms with Crippen molar-refractivity contribution < 1.29 is 14.3 Å². The van der Waals surface area contributed by atoms with Crippen molar-refractivity contribution in [1.82, 2.24) is 5.32 Å². The summed E-state index contributed by atoms with van der Waals surface area (Å²) in [5.74, 6) is 0.176. The first-order valence-corrected chi connectivity index (χ1v) is 5.46. The van der Waals surface area contributed by atoms with Gasteiger partial charge in [0.2, 0.25) is 0 Å². The minimum absolute atomic E-state index is 0.109. The summed E-state index contributed by atoms with van der Waals surface area (Å²) in [5.41, 5.74) is -0.838. The van der Waals surface area contributed by atoms with Crippen LogP contribution >= 0.6 is 0 Å². The van der Waals surface area contributed by atoms with Crippen molar-refractivity contribution in [3.05, 3.63) is 0 Å². The van der Waals surface area contributed by atoms with Gasteiger partial charge in [0.05, 0.1) is 13.2 Å². The molecule has 2 saturated heterocycles. The third-order valence-corrected chi connectivity index (χ3v) is 3.10. The zero-order chi connectivity index (χ0) is 11.1. The van der Waals surface area contributed by atoms with E-state index in [1.165, 1.54) is 0 Å². The van der Waals surface area contributed by atoms with Gasteiger partial charge in [0.15, 0.2) is 0 Å². The highest BCUT2D eigenvalue weighted by atomic mass is 16.6. The third-order valence-electron chi connectivity index (χ3n) is 3.10. The van der Waals surface area contributed by atoms with Crippen LogP contribution in [0.3, 0.4) is 0 Å². The molecule has 0 aliphatic carbocycles. The first kappa shape index (κ1) is 10.9. The Morgan fingerprint density at radius 3 is 2.93 bits per heavy atom. The number of hydrogen-bond donors (Lipinski definition) is 1. The molecule has 2 fully saturated rings. The van der Waals surface area contributed by atoms with Crippen LogP contribution in [0.2, 0.25) is 0 Å². The molecule has 2 aliphatic heterocycles. The van der Waals surface area contributed by atoms with Crippen molar-refractivity contribution in [2.45, 2.75) is 26.4 Å². The zero-order valence-corrected chi connectivity index (χ0v) is 9.63. The van der Waals surface area contributed by atoms with E-state index in [1.54, 1.807) is 0 Å². The van der Waals surface area contributed by atoms with Crippen LogP contribution in [0.5, 0.6) is 0 Å². The van der Waals surface area contributed by atoms with E-state index in [2.05, 4.69) is 5.32 Å². The molecule has 4 nitrogen and oxygen atoms in total. The van der Waals surface area contributed by atoms with Crippen LogP contribution in [0.25, 0.3) is 0 Å². The average Bonchev–Trinajstić information content (AvgIpc) is 2.55. The van der Waals surface area contributed by atoms with Crippen molar-refractivity contribution in [1.29, 1.82) is 0 Å². The Hall–Kier alpha value is -0.610. The molecule has 4 heteroatoms. The number of carbonyl (C=O) groups excluding carboxylic acids is 1. The van der Waals surface area contributed by atoms with Crippen molar-refractivity contribution in [2.75, 3.05) is 26.3 Å². The Kier molecular flexibility index (Phi) is 2.51. The summed E-state index contributed by atoms with van der Waals surface area (Å²) in [5, 5.41) is 3.25. The number of fused-ring (bicyclic) bond motifs is 1. The number of hydrogen-bond acceptors (Lipinski definition) is 4. The lowest BCUT2D eigenvalue weighted by atomic mass is 9.81. The molecule has 0 aromatic rings. The predicted octanol–water partition coefficient (Wildman–Crippen LogP) is 0.564. The van der Waals surface area contributed by atoms with Crippen LogP contribution in [-0.2, 0) is 14.3 Å². The van der Waals surface area contributed by atoms with Gasteiger partial charge in [-0.3, -0.25) is 4.79 Å². The molecule has 0 aromatic carbocycles. The second-order valence-corrected chi connectivity index (χ2v) is 5.50. The molecule has 2 atom stereocenters. The maximum Gasteiger partial charge on any atom is 0.316 e. The standard InChI is InChI=1S/C11H19NO3/c1-10(2,3)15-9(13)11-6-12-4-8(11)5-14-7-11/h8,12H,4-7H2,1-3H3/t8-,11+/m1/s1. The fourth-order valence-electron chi connectivity index (χ4n) is 2.26. The summed E-state index contributed by atoms with van der Waals surface area (Å²) >= 11 is 0. The molecule has 0 aromatic heterocycles. The summed E-state index contributed by atoms with van der Waals surface area (Å²) in [6.45, 7) is 8.41. The summed E-state index contributed by atoms with van der Waals surface area (Å²) in [4.78, 5) is 12.1. The number of ether oxygens (including phenoxy) is 2. The summed E-state index contributed by atoms with van der Waals surface area (Å²) < 4.78 is 10.9. The minimum Gasteiger partial charge on any atom is -0.459 e. The number of esters is 1. The molecule has 15 heavy (non-hydrogen) atoms. The molecule has 0 bridgehead atoms. The molecular formula is C11H19NO3. The molecular weight excluding hydrogens is 194 g/mol. The van der Waals surface area contributed by atoms with E-state index in [-0.39, 0.29) is 11.9 Å². The van der Waals surface area contributed by atoms with E-state index >= 15 is 0 Å². The largest absolute Gasteiger partial charge is 0.459 e. The highest BCUT2D eigenvalue weighted by Gasteiger charge is 2.54. The molecule has 0 saturated carbocycles.